The molecule has 0 spiro atoms. The quantitative estimate of drug-likeness (QED) is 0.409. The van der Waals surface area contributed by atoms with Crippen molar-refractivity contribution in [3.05, 3.63) is 0 Å². The number of quaternary nitrogens is 1. The van der Waals surface area contributed by atoms with Crippen LogP contribution in [-0.2, 0) is 0 Å². The minimum Gasteiger partial charge on any atom is -0.870 e. The third-order valence-electron chi connectivity index (χ3n) is 1.26. The number of hydrogen-bond donors (Lipinski definition) is 1. The van der Waals surface area contributed by atoms with Crippen molar-refractivity contribution in [2.45, 2.75) is 19.9 Å². The molecule has 0 aliphatic rings. The van der Waals surface area contributed by atoms with Crippen LogP contribution in [0.3, 0.4) is 0 Å². The van der Waals surface area contributed by atoms with Crippen molar-refractivity contribution >= 4 is 0 Å². The Morgan fingerprint density at radius 1 is 1.25 bits per heavy atom. The van der Waals surface area contributed by atoms with Gasteiger partial charge in [0.15, 0.2) is 0 Å². The zero-order chi connectivity index (χ0) is 6.08. The van der Waals surface area contributed by atoms with Crippen molar-refractivity contribution in [1.82, 2.24) is 0 Å². The maximum absolute atomic E-state index is 9.03. The van der Waals surface area contributed by atoms with Crippen LogP contribution in [0.4, 0.5) is 0 Å². The molecule has 0 fully saturated rings. The summed E-state index contributed by atoms with van der Waals surface area (Å²) in [6.07, 6.45) is 0. The fourth-order valence-corrected chi connectivity index (χ4v) is 0. The summed E-state index contributed by atoms with van der Waals surface area (Å²) in [5.41, 5.74) is 0. The molecule has 0 aliphatic carbocycles. The van der Waals surface area contributed by atoms with Crippen molar-refractivity contribution < 1.29 is 15.3 Å². The molecule has 3 nitrogen and oxygen atoms in total. The summed E-state index contributed by atoms with van der Waals surface area (Å²) in [6.45, 7) is 3.94. The van der Waals surface area contributed by atoms with E-state index in [1.54, 1.807) is 14.1 Å². The molecule has 3 heteroatoms. The van der Waals surface area contributed by atoms with Gasteiger partial charge in [0.25, 0.3) is 0 Å². The summed E-state index contributed by atoms with van der Waals surface area (Å²) in [7, 11) is 3.51. The summed E-state index contributed by atoms with van der Waals surface area (Å²) in [4.78, 5) is 0. The second-order valence-electron chi connectivity index (χ2n) is 2.57. The van der Waals surface area contributed by atoms with Crippen LogP contribution in [0.15, 0.2) is 0 Å². The highest BCUT2D eigenvalue weighted by Crippen LogP contribution is 1.97. The molecule has 0 saturated heterocycles. The van der Waals surface area contributed by atoms with Gasteiger partial charge in [-0.1, -0.05) is 0 Å². The topological polar surface area (TPSA) is 50.2 Å². The van der Waals surface area contributed by atoms with Crippen LogP contribution in [-0.4, -0.2) is 35.5 Å². The van der Waals surface area contributed by atoms with E-state index in [9.17, 15) is 0 Å². The van der Waals surface area contributed by atoms with E-state index in [2.05, 4.69) is 0 Å². The Morgan fingerprint density at radius 3 is 1.38 bits per heavy atom. The van der Waals surface area contributed by atoms with Gasteiger partial charge in [0.1, 0.15) is 6.04 Å². The number of hydroxylamine groups is 3. The van der Waals surface area contributed by atoms with Gasteiger partial charge < -0.3 is 5.48 Å². The van der Waals surface area contributed by atoms with Gasteiger partial charge in [0.2, 0.25) is 0 Å². The molecule has 0 aliphatic heterocycles. The lowest BCUT2D eigenvalue weighted by atomic mass is 10.4. The molecule has 8 heavy (non-hydrogen) atoms. The van der Waals surface area contributed by atoms with Crippen LogP contribution in [0.25, 0.3) is 0 Å². The van der Waals surface area contributed by atoms with Gasteiger partial charge in [-0.2, -0.15) is 4.65 Å². The second kappa shape index (κ2) is 3.02. The summed E-state index contributed by atoms with van der Waals surface area (Å²) >= 11 is 0. The molecule has 0 unspecified atom stereocenters. The lowest BCUT2D eigenvalue weighted by molar-refractivity contribution is -1.09. The Labute approximate surface area is 50.4 Å². The molecule has 0 amide bonds. The first kappa shape index (κ1) is 10.8. The van der Waals surface area contributed by atoms with Gasteiger partial charge in [-0.3, -0.25) is 0 Å². The molecule has 0 aromatic heterocycles. The average molecular weight is 121 g/mol. The Bertz CT molecular complexity index is 55.9. The minimum absolute atomic E-state index is 0. The zero-order valence-electron chi connectivity index (χ0n) is 5.92. The molecule has 0 rings (SSSR count). The number of hydrogen-bond acceptors (Lipinski definition) is 2. The van der Waals surface area contributed by atoms with Crippen LogP contribution in [0.2, 0.25) is 0 Å². The molecular formula is C5H15NO2. The monoisotopic (exact) mass is 121 g/mol. The molecule has 0 saturated carbocycles. The van der Waals surface area contributed by atoms with Crippen molar-refractivity contribution in [3.63, 3.8) is 0 Å². The van der Waals surface area contributed by atoms with Gasteiger partial charge in [0.05, 0.1) is 14.1 Å². The first-order chi connectivity index (χ1) is 2.94. The van der Waals surface area contributed by atoms with Gasteiger partial charge in [-0.05, 0) is 13.8 Å². The van der Waals surface area contributed by atoms with Crippen molar-refractivity contribution in [1.29, 1.82) is 0 Å². The second-order valence-corrected chi connectivity index (χ2v) is 2.57. The van der Waals surface area contributed by atoms with Crippen LogP contribution >= 0.6 is 0 Å². The highest BCUT2D eigenvalue weighted by Gasteiger charge is 2.14. The van der Waals surface area contributed by atoms with E-state index in [1.807, 2.05) is 13.8 Å². The van der Waals surface area contributed by atoms with Crippen molar-refractivity contribution in [3.8, 4) is 0 Å². The predicted molar refractivity (Wildman–Crippen MR) is 31.0 cm³/mol. The SMILES string of the molecule is CC(C)[N+](C)(C)O.[OH-]. The van der Waals surface area contributed by atoms with E-state index in [1.165, 1.54) is 0 Å². The maximum Gasteiger partial charge on any atom is 0.113 e. The van der Waals surface area contributed by atoms with Gasteiger partial charge >= 0.3 is 0 Å². The third-order valence-corrected chi connectivity index (χ3v) is 1.26. The number of nitrogens with zero attached hydrogens (tertiary/aromatic N) is 1. The van der Waals surface area contributed by atoms with Gasteiger partial charge in [0, 0.05) is 0 Å². The molecule has 2 N–H and O–H groups in total. The summed E-state index contributed by atoms with van der Waals surface area (Å²) in [5, 5.41) is 9.03. The molecule has 0 atom stereocenters. The van der Waals surface area contributed by atoms with E-state index >= 15 is 0 Å². The van der Waals surface area contributed by atoms with Gasteiger partial charge in [-0.25, -0.2) is 5.21 Å². The zero-order valence-corrected chi connectivity index (χ0v) is 5.92. The van der Waals surface area contributed by atoms with Crippen LogP contribution in [0.1, 0.15) is 13.8 Å². The van der Waals surface area contributed by atoms with Crippen LogP contribution < -0.4 is 0 Å². The van der Waals surface area contributed by atoms with E-state index in [4.69, 9.17) is 5.21 Å². The standard InChI is InChI=1S/C5H14NO.H2O/c1-5(2)6(3,4)7;/h5,7H,1-4H3;1H2/q+1;/p-1. The lowest BCUT2D eigenvalue weighted by Gasteiger charge is -2.23. The third kappa shape index (κ3) is 4.05. The molecule has 0 heterocycles. The fraction of sp³-hybridized carbons (Fsp3) is 1.00. The van der Waals surface area contributed by atoms with E-state index < -0.39 is 0 Å². The summed E-state index contributed by atoms with van der Waals surface area (Å²) < 4.78 is 0.0556. The van der Waals surface area contributed by atoms with E-state index in [0.717, 1.165) is 0 Å². The molecule has 0 aromatic carbocycles. The Morgan fingerprint density at radius 2 is 1.38 bits per heavy atom. The molecule has 0 radical (unpaired) electrons. The highest BCUT2D eigenvalue weighted by molar-refractivity contribution is 4.28. The van der Waals surface area contributed by atoms with Crippen molar-refractivity contribution in [2.75, 3.05) is 14.1 Å². The molecule has 0 aromatic rings. The Kier molecular flexibility index (Phi) is 4.07. The molecule has 52 valence electrons. The molecule has 0 bridgehead atoms. The Hall–Kier alpha value is -0.120. The van der Waals surface area contributed by atoms with Crippen LogP contribution in [0.5, 0.6) is 0 Å². The predicted octanol–water partition coefficient (Wildman–Crippen LogP) is 0.684. The lowest BCUT2D eigenvalue weighted by Crippen LogP contribution is -2.41. The van der Waals surface area contributed by atoms with E-state index in [0.29, 0.717) is 6.04 Å². The number of rotatable bonds is 1. The van der Waals surface area contributed by atoms with Crippen molar-refractivity contribution in [2.24, 2.45) is 0 Å². The highest BCUT2D eigenvalue weighted by atomic mass is 16.5. The van der Waals surface area contributed by atoms with Gasteiger partial charge in [-0.15, -0.1) is 0 Å². The summed E-state index contributed by atoms with van der Waals surface area (Å²) in [6, 6.07) is 0.292. The average Bonchev–Trinajstić information content (AvgIpc) is 1.31. The Balaban J connectivity index is 0. The molecular weight excluding hydrogens is 106 g/mol. The summed E-state index contributed by atoms with van der Waals surface area (Å²) in [5.74, 6) is 0. The largest absolute Gasteiger partial charge is 0.870 e. The minimum atomic E-state index is 0. The fourth-order valence-electron chi connectivity index (χ4n) is 0. The first-order valence-electron chi connectivity index (χ1n) is 2.51. The van der Waals surface area contributed by atoms with E-state index in [-0.39, 0.29) is 10.1 Å². The first-order valence-corrected chi connectivity index (χ1v) is 2.51. The maximum atomic E-state index is 9.03. The van der Waals surface area contributed by atoms with Crippen LogP contribution in [0, 0.1) is 0 Å². The smallest absolute Gasteiger partial charge is 0.113 e. The normalized spacial score (nSPS) is 11.2.